The van der Waals surface area contributed by atoms with E-state index in [2.05, 4.69) is 26.0 Å². The summed E-state index contributed by atoms with van der Waals surface area (Å²) < 4.78 is 29.6. The molecule has 1 aromatic carbocycles. The van der Waals surface area contributed by atoms with E-state index in [-0.39, 0.29) is 5.16 Å². The van der Waals surface area contributed by atoms with Crippen LogP contribution in [0, 0.1) is 0 Å². The molecule has 0 radical (unpaired) electrons. The molecule has 8 heteroatoms. The third-order valence-electron chi connectivity index (χ3n) is 2.43. The fourth-order valence-electron chi connectivity index (χ4n) is 1.47. The predicted molar refractivity (Wildman–Crippen MR) is 72.9 cm³/mol. The second-order valence-corrected chi connectivity index (χ2v) is 6.56. The number of halogens is 1. The van der Waals surface area contributed by atoms with E-state index in [0.29, 0.717) is 11.3 Å². The SMILES string of the molecule is COc1ccc(Cn2nc(S(C)(=O)=O)nc2Br)cc1. The number of hydrogen-bond acceptors (Lipinski definition) is 5. The zero-order valence-corrected chi connectivity index (χ0v) is 12.8. The number of aromatic nitrogens is 3. The number of sulfone groups is 1. The van der Waals surface area contributed by atoms with E-state index in [4.69, 9.17) is 4.74 Å². The first-order valence-electron chi connectivity index (χ1n) is 5.33. The van der Waals surface area contributed by atoms with Gasteiger partial charge in [0.05, 0.1) is 13.7 Å². The molecule has 0 aliphatic carbocycles. The topological polar surface area (TPSA) is 74.1 Å². The van der Waals surface area contributed by atoms with Gasteiger partial charge < -0.3 is 4.74 Å². The lowest BCUT2D eigenvalue weighted by molar-refractivity contribution is 0.414. The van der Waals surface area contributed by atoms with E-state index in [1.54, 1.807) is 7.11 Å². The normalized spacial score (nSPS) is 11.5. The molecule has 102 valence electrons. The first-order chi connectivity index (χ1) is 8.90. The van der Waals surface area contributed by atoms with Gasteiger partial charge in [0.25, 0.3) is 5.16 Å². The Labute approximate surface area is 119 Å². The minimum absolute atomic E-state index is 0.187. The van der Waals surface area contributed by atoms with Gasteiger partial charge in [-0.05, 0) is 33.6 Å². The minimum atomic E-state index is -3.40. The largest absolute Gasteiger partial charge is 0.497 e. The fraction of sp³-hybridized carbons (Fsp3) is 0.273. The standard InChI is InChI=1S/C11H12BrN3O3S/c1-18-9-5-3-8(4-6-9)7-15-10(12)13-11(14-15)19(2,16)17/h3-6H,7H2,1-2H3. The molecular formula is C11H12BrN3O3S. The summed E-state index contributed by atoms with van der Waals surface area (Å²) in [6, 6.07) is 7.43. The van der Waals surface area contributed by atoms with Gasteiger partial charge in [-0.3, -0.25) is 0 Å². The molecule has 1 heterocycles. The van der Waals surface area contributed by atoms with Gasteiger partial charge >= 0.3 is 0 Å². The lowest BCUT2D eigenvalue weighted by Crippen LogP contribution is -2.04. The van der Waals surface area contributed by atoms with Crippen LogP contribution in [0.25, 0.3) is 0 Å². The Hall–Kier alpha value is -1.41. The van der Waals surface area contributed by atoms with Crippen LogP contribution >= 0.6 is 15.9 Å². The molecule has 6 nitrogen and oxygen atoms in total. The quantitative estimate of drug-likeness (QED) is 0.839. The number of hydrogen-bond donors (Lipinski definition) is 0. The van der Waals surface area contributed by atoms with Gasteiger partial charge in [0.15, 0.2) is 4.73 Å². The average Bonchev–Trinajstić information content (AvgIpc) is 2.72. The highest BCUT2D eigenvalue weighted by atomic mass is 79.9. The molecule has 0 atom stereocenters. The van der Waals surface area contributed by atoms with Crippen LogP contribution < -0.4 is 4.74 Å². The predicted octanol–water partition coefficient (Wildman–Crippen LogP) is 1.50. The Bertz CT molecular complexity index is 680. The maximum atomic E-state index is 11.4. The van der Waals surface area contributed by atoms with Crippen molar-refractivity contribution in [2.24, 2.45) is 0 Å². The second-order valence-electron chi connectivity index (χ2n) is 3.94. The average molecular weight is 346 g/mol. The highest BCUT2D eigenvalue weighted by Gasteiger charge is 2.16. The molecule has 2 aromatic rings. The number of benzene rings is 1. The molecule has 19 heavy (non-hydrogen) atoms. The first-order valence-corrected chi connectivity index (χ1v) is 8.02. The van der Waals surface area contributed by atoms with Crippen molar-refractivity contribution < 1.29 is 13.2 Å². The van der Waals surface area contributed by atoms with Crippen LogP contribution in [0.2, 0.25) is 0 Å². The number of rotatable bonds is 4. The molecule has 0 saturated heterocycles. The molecule has 0 unspecified atom stereocenters. The smallest absolute Gasteiger partial charge is 0.267 e. The molecule has 0 fully saturated rings. The van der Waals surface area contributed by atoms with Crippen molar-refractivity contribution in [2.45, 2.75) is 11.7 Å². The molecule has 1 aromatic heterocycles. The fourth-order valence-corrected chi connectivity index (χ4v) is 2.45. The van der Waals surface area contributed by atoms with E-state index in [1.165, 1.54) is 4.68 Å². The highest BCUT2D eigenvalue weighted by molar-refractivity contribution is 9.10. The number of nitrogens with zero attached hydrogens (tertiary/aromatic N) is 3. The van der Waals surface area contributed by atoms with E-state index in [0.717, 1.165) is 17.6 Å². The van der Waals surface area contributed by atoms with Crippen molar-refractivity contribution in [1.29, 1.82) is 0 Å². The summed E-state index contributed by atoms with van der Waals surface area (Å²) in [5.74, 6) is 0.762. The van der Waals surface area contributed by atoms with Crippen LogP contribution in [-0.2, 0) is 16.4 Å². The van der Waals surface area contributed by atoms with Gasteiger partial charge in [0, 0.05) is 6.26 Å². The van der Waals surface area contributed by atoms with Gasteiger partial charge in [-0.25, -0.2) is 13.1 Å². The highest BCUT2D eigenvalue weighted by Crippen LogP contribution is 2.15. The summed E-state index contributed by atoms with van der Waals surface area (Å²) in [6.07, 6.45) is 1.08. The maximum Gasteiger partial charge on any atom is 0.267 e. The minimum Gasteiger partial charge on any atom is -0.497 e. The Balaban J connectivity index is 2.25. The van der Waals surface area contributed by atoms with Gasteiger partial charge in [-0.1, -0.05) is 12.1 Å². The lowest BCUT2D eigenvalue weighted by atomic mass is 10.2. The molecule has 0 amide bonds. The zero-order valence-electron chi connectivity index (χ0n) is 10.4. The Kier molecular flexibility index (Phi) is 3.91. The van der Waals surface area contributed by atoms with Gasteiger partial charge in [0.2, 0.25) is 9.84 Å². The summed E-state index contributed by atoms with van der Waals surface area (Å²) >= 11 is 3.20. The summed E-state index contributed by atoms with van der Waals surface area (Å²) in [7, 11) is -1.80. The van der Waals surface area contributed by atoms with E-state index >= 15 is 0 Å². The molecule has 0 aliphatic heterocycles. The number of ether oxygens (including phenoxy) is 1. The van der Waals surface area contributed by atoms with Crippen molar-refractivity contribution in [3.63, 3.8) is 0 Å². The third-order valence-corrected chi connectivity index (χ3v) is 3.85. The van der Waals surface area contributed by atoms with Crippen LogP contribution in [0.15, 0.2) is 34.2 Å². The lowest BCUT2D eigenvalue weighted by Gasteiger charge is -2.04. The summed E-state index contributed by atoms with van der Waals surface area (Å²) in [5.41, 5.74) is 0.964. The molecular weight excluding hydrogens is 334 g/mol. The van der Waals surface area contributed by atoms with Crippen LogP contribution in [0.3, 0.4) is 0 Å². The zero-order chi connectivity index (χ0) is 14.0. The van der Waals surface area contributed by atoms with Crippen molar-refractivity contribution in [1.82, 2.24) is 14.8 Å². The Morgan fingerprint density at radius 2 is 1.95 bits per heavy atom. The van der Waals surface area contributed by atoms with Crippen molar-refractivity contribution in [2.75, 3.05) is 13.4 Å². The molecule has 2 rings (SSSR count). The molecule has 0 N–H and O–H groups in total. The molecule has 0 bridgehead atoms. The third kappa shape index (κ3) is 3.32. The van der Waals surface area contributed by atoms with E-state index in [1.807, 2.05) is 24.3 Å². The first kappa shape index (κ1) is 14.0. The summed E-state index contributed by atoms with van der Waals surface area (Å²) in [5, 5.41) is 3.77. The molecule has 0 spiro atoms. The monoisotopic (exact) mass is 345 g/mol. The summed E-state index contributed by atoms with van der Waals surface area (Å²) in [4.78, 5) is 3.87. The van der Waals surface area contributed by atoms with Crippen LogP contribution in [0.5, 0.6) is 5.75 Å². The van der Waals surface area contributed by atoms with Crippen molar-refractivity contribution >= 4 is 25.8 Å². The molecule has 0 aliphatic rings. The van der Waals surface area contributed by atoms with Crippen LogP contribution in [-0.4, -0.2) is 36.5 Å². The Morgan fingerprint density at radius 1 is 1.32 bits per heavy atom. The second kappa shape index (κ2) is 5.30. The van der Waals surface area contributed by atoms with Crippen LogP contribution in [0.1, 0.15) is 5.56 Å². The van der Waals surface area contributed by atoms with Crippen LogP contribution in [0.4, 0.5) is 0 Å². The van der Waals surface area contributed by atoms with Gasteiger partial charge in [-0.15, -0.1) is 5.10 Å². The number of methoxy groups -OCH3 is 1. The molecule has 0 saturated carbocycles. The Morgan fingerprint density at radius 3 is 2.42 bits per heavy atom. The van der Waals surface area contributed by atoms with Crippen molar-refractivity contribution in [3.05, 3.63) is 34.6 Å². The van der Waals surface area contributed by atoms with E-state index in [9.17, 15) is 8.42 Å². The van der Waals surface area contributed by atoms with E-state index < -0.39 is 9.84 Å². The van der Waals surface area contributed by atoms with Gasteiger partial charge in [0.1, 0.15) is 5.75 Å². The maximum absolute atomic E-state index is 11.4. The van der Waals surface area contributed by atoms with Gasteiger partial charge in [-0.2, -0.15) is 4.98 Å². The van der Waals surface area contributed by atoms with Crippen molar-refractivity contribution in [3.8, 4) is 5.75 Å². The summed E-state index contributed by atoms with van der Waals surface area (Å²) in [6.45, 7) is 0.424.